The Morgan fingerprint density at radius 3 is 2.52 bits per heavy atom. The predicted octanol–water partition coefficient (Wildman–Crippen LogP) is 4.04. The van der Waals surface area contributed by atoms with Crippen molar-refractivity contribution in [3.8, 4) is 0 Å². The molecular weight excluding hydrogens is 264 g/mol. The normalized spacial score (nSPS) is 14.2. The van der Waals surface area contributed by atoms with E-state index in [2.05, 4.69) is 35.1 Å². The lowest BCUT2D eigenvalue weighted by Gasteiger charge is -2.17. The molecule has 0 saturated carbocycles. The minimum absolute atomic E-state index is 0.0492. The fraction of sp³-hybridized carbons (Fsp3) is 0.278. The van der Waals surface area contributed by atoms with Gasteiger partial charge in [0.1, 0.15) is 0 Å². The van der Waals surface area contributed by atoms with Gasteiger partial charge in [0.2, 0.25) is 0 Å². The highest BCUT2D eigenvalue weighted by Crippen LogP contribution is 2.23. The Bertz CT molecular complexity index is 646. The number of esters is 1. The molecule has 0 bridgehead atoms. The number of fused-ring (bicyclic) bond motifs is 1. The molecule has 21 heavy (non-hydrogen) atoms. The van der Waals surface area contributed by atoms with Crippen LogP contribution in [0.2, 0.25) is 0 Å². The second-order valence-electron chi connectivity index (χ2n) is 4.97. The fourth-order valence-electron chi connectivity index (χ4n) is 2.19. The highest BCUT2D eigenvalue weighted by Gasteiger charge is 2.10. The van der Waals surface area contributed by atoms with Gasteiger partial charge in [0.25, 0.3) is 0 Å². The topological polar surface area (TPSA) is 35.5 Å². The molecule has 0 radical (unpaired) electrons. The lowest BCUT2D eigenvalue weighted by Crippen LogP contribution is -2.10. The molecule has 0 fully saturated rings. The Labute approximate surface area is 125 Å². The molecule has 0 saturated heterocycles. The lowest BCUT2D eigenvalue weighted by atomic mass is 10.0. The van der Waals surface area contributed by atoms with E-state index in [1.165, 1.54) is 24.0 Å². The van der Waals surface area contributed by atoms with Crippen LogP contribution in [0, 0.1) is 0 Å². The second-order valence-corrected chi connectivity index (χ2v) is 4.97. The first kappa shape index (κ1) is 15.3. The molecule has 0 amide bonds. The minimum Gasteiger partial charge on any atom is -0.466 e. The van der Waals surface area contributed by atoms with E-state index in [4.69, 9.17) is 4.74 Å². The highest BCUT2D eigenvalue weighted by molar-refractivity contribution is 5.83. The third kappa shape index (κ3) is 4.17. The van der Waals surface area contributed by atoms with Gasteiger partial charge in [-0.15, -0.1) is 0 Å². The van der Waals surface area contributed by atoms with Gasteiger partial charge in [0.15, 0.2) is 0 Å². The smallest absolute Gasteiger partial charge is 0.330 e. The van der Waals surface area contributed by atoms with Crippen LogP contribution in [0.5, 0.6) is 0 Å². The minimum atomic E-state index is -0.371. The number of hydrogen-bond acceptors (Lipinski definition) is 3. The summed E-state index contributed by atoms with van der Waals surface area (Å²) >= 11 is 0. The van der Waals surface area contributed by atoms with Gasteiger partial charge in [-0.1, -0.05) is 36.4 Å². The Balaban J connectivity index is 2.06. The van der Waals surface area contributed by atoms with Crippen LogP contribution in [0.1, 0.15) is 25.5 Å². The van der Waals surface area contributed by atoms with Gasteiger partial charge in [0.05, 0.1) is 19.3 Å². The maximum absolute atomic E-state index is 11.1. The highest BCUT2D eigenvalue weighted by atomic mass is 16.5. The third-order valence-electron chi connectivity index (χ3n) is 3.37. The quantitative estimate of drug-likeness (QED) is 0.614. The van der Waals surface area contributed by atoms with Crippen LogP contribution >= 0.6 is 0 Å². The number of carbonyl (C=O) groups excluding carboxylic acids is 1. The van der Waals surface area contributed by atoms with Gasteiger partial charge in [-0.3, -0.25) is 0 Å². The van der Waals surface area contributed by atoms with Crippen molar-refractivity contribution in [3.05, 3.63) is 60.2 Å². The number of ether oxygens (including phenoxy) is 2. The lowest BCUT2D eigenvalue weighted by molar-refractivity contribution is -0.134. The fourth-order valence-corrected chi connectivity index (χ4v) is 2.19. The van der Waals surface area contributed by atoms with Crippen molar-refractivity contribution in [1.29, 1.82) is 0 Å². The molecule has 3 heteroatoms. The van der Waals surface area contributed by atoms with E-state index in [0.29, 0.717) is 0 Å². The summed E-state index contributed by atoms with van der Waals surface area (Å²) in [5, 5.41) is 2.41. The summed E-state index contributed by atoms with van der Waals surface area (Å²) in [5.74, 6) is -0.371. The molecule has 0 unspecified atom stereocenters. The summed E-state index contributed by atoms with van der Waals surface area (Å²) in [5.41, 5.74) is 1.12. The summed E-state index contributed by atoms with van der Waals surface area (Å²) in [6.45, 7) is 3.91. The Morgan fingerprint density at radius 2 is 1.81 bits per heavy atom. The molecule has 0 aliphatic carbocycles. The van der Waals surface area contributed by atoms with Crippen molar-refractivity contribution in [3.63, 3.8) is 0 Å². The molecule has 110 valence electrons. The van der Waals surface area contributed by atoms with Crippen LogP contribution in [-0.2, 0) is 14.3 Å². The molecule has 2 aromatic carbocycles. The zero-order chi connectivity index (χ0) is 15.2. The first-order valence-corrected chi connectivity index (χ1v) is 7.00. The Hall–Kier alpha value is -2.13. The molecule has 0 heterocycles. The molecule has 0 aliphatic rings. The van der Waals surface area contributed by atoms with Gasteiger partial charge < -0.3 is 9.47 Å². The molecule has 3 nitrogen and oxygen atoms in total. The number of benzene rings is 2. The van der Waals surface area contributed by atoms with Gasteiger partial charge >= 0.3 is 5.97 Å². The van der Waals surface area contributed by atoms with Crippen LogP contribution in [0.4, 0.5) is 0 Å². The number of methoxy groups -OCH3 is 1. The zero-order valence-electron chi connectivity index (χ0n) is 12.6. The summed E-state index contributed by atoms with van der Waals surface area (Å²) < 4.78 is 10.4. The first-order valence-electron chi connectivity index (χ1n) is 7.00. The molecule has 0 spiro atoms. The first-order chi connectivity index (χ1) is 10.1. The number of hydrogen-bond donors (Lipinski definition) is 0. The van der Waals surface area contributed by atoms with Crippen molar-refractivity contribution in [2.24, 2.45) is 0 Å². The summed E-state index contributed by atoms with van der Waals surface area (Å²) in [6, 6.07) is 14.5. The molecule has 2 aromatic rings. The van der Waals surface area contributed by atoms with Crippen molar-refractivity contribution >= 4 is 16.7 Å². The average molecular weight is 284 g/mol. The van der Waals surface area contributed by atoms with Crippen molar-refractivity contribution in [1.82, 2.24) is 0 Å². The monoisotopic (exact) mass is 284 g/mol. The van der Waals surface area contributed by atoms with E-state index in [1.807, 2.05) is 26.0 Å². The SMILES string of the molecule is COC(=O)/C=C/[C@H](C)O[C@H](C)c1ccc2ccccc2c1. The Morgan fingerprint density at radius 1 is 1.10 bits per heavy atom. The Kier molecular flexibility index (Phi) is 5.12. The van der Waals surface area contributed by atoms with Gasteiger partial charge in [-0.2, -0.15) is 0 Å². The van der Waals surface area contributed by atoms with E-state index in [9.17, 15) is 4.79 Å². The number of rotatable bonds is 5. The van der Waals surface area contributed by atoms with Crippen LogP contribution in [0.3, 0.4) is 0 Å². The molecule has 2 atom stereocenters. The van der Waals surface area contributed by atoms with Crippen molar-refractivity contribution in [2.75, 3.05) is 7.11 Å². The second kappa shape index (κ2) is 7.04. The molecule has 0 aliphatic heterocycles. The molecule has 0 N–H and O–H groups in total. The van der Waals surface area contributed by atoms with Crippen molar-refractivity contribution in [2.45, 2.75) is 26.1 Å². The van der Waals surface area contributed by atoms with Crippen LogP contribution in [0.25, 0.3) is 10.8 Å². The van der Waals surface area contributed by atoms with E-state index >= 15 is 0 Å². The third-order valence-corrected chi connectivity index (χ3v) is 3.37. The van der Waals surface area contributed by atoms with Crippen LogP contribution < -0.4 is 0 Å². The average Bonchev–Trinajstić information content (AvgIpc) is 2.52. The van der Waals surface area contributed by atoms with Crippen LogP contribution in [-0.4, -0.2) is 19.2 Å². The summed E-state index contributed by atoms with van der Waals surface area (Å²) in [7, 11) is 1.36. The van der Waals surface area contributed by atoms with E-state index in [0.717, 1.165) is 5.56 Å². The number of carbonyl (C=O) groups is 1. The summed E-state index contributed by atoms with van der Waals surface area (Å²) in [4.78, 5) is 11.1. The summed E-state index contributed by atoms with van der Waals surface area (Å²) in [6.07, 6.45) is 2.87. The standard InChI is InChI=1S/C18H20O3/c1-13(8-11-18(19)20-3)21-14(2)16-10-9-15-6-4-5-7-17(15)12-16/h4-14H,1-3H3/b11-8+/t13-,14+/m0/s1. The van der Waals surface area contributed by atoms with Gasteiger partial charge in [0, 0.05) is 6.08 Å². The van der Waals surface area contributed by atoms with Crippen LogP contribution in [0.15, 0.2) is 54.6 Å². The van der Waals surface area contributed by atoms with E-state index < -0.39 is 0 Å². The molecule has 0 aromatic heterocycles. The van der Waals surface area contributed by atoms with Gasteiger partial charge in [-0.25, -0.2) is 4.79 Å². The van der Waals surface area contributed by atoms with Gasteiger partial charge in [-0.05, 0) is 42.3 Å². The molecule has 2 rings (SSSR count). The largest absolute Gasteiger partial charge is 0.466 e. The van der Waals surface area contributed by atoms with Crippen molar-refractivity contribution < 1.29 is 14.3 Å². The predicted molar refractivity (Wildman–Crippen MR) is 84.1 cm³/mol. The maximum Gasteiger partial charge on any atom is 0.330 e. The maximum atomic E-state index is 11.1. The molecular formula is C18H20O3. The van der Waals surface area contributed by atoms with E-state index in [1.54, 1.807) is 6.08 Å². The zero-order valence-corrected chi connectivity index (χ0v) is 12.6. The van der Waals surface area contributed by atoms with E-state index in [-0.39, 0.29) is 18.2 Å².